The predicted molar refractivity (Wildman–Crippen MR) is 82.8 cm³/mol. The molecule has 2 atom stereocenters. The Hall–Kier alpha value is -1.65. The molecule has 5 rings (SSSR count). The quantitative estimate of drug-likeness (QED) is 0.798. The predicted octanol–water partition coefficient (Wildman–Crippen LogP) is 3.32. The highest BCUT2D eigenvalue weighted by molar-refractivity contribution is 6.12. The lowest BCUT2D eigenvalue weighted by Crippen LogP contribution is -2.44. The Kier molecular flexibility index (Phi) is 2.94. The maximum absolute atomic E-state index is 13.2. The van der Waals surface area contributed by atoms with E-state index in [1.807, 2.05) is 24.3 Å². The normalized spacial score (nSPS) is 33.2. The Balaban J connectivity index is 1.72. The second-order valence-corrected chi connectivity index (χ2v) is 6.93. The monoisotopic (exact) mass is 312 g/mol. The lowest BCUT2D eigenvalue weighted by Gasteiger charge is -2.41. The molecule has 0 amide bonds. The molecule has 2 heterocycles. The summed E-state index contributed by atoms with van der Waals surface area (Å²) in [6.07, 6.45) is 5.66. The highest BCUT2D eigenvalue weighted by Gasteiger charge is 2.57. The molecule has 0 aromatic heterocycles. The second-order valence-electron chi connectivity index (χ2n) is 6.93. The highest BCUT2D eigenvalue weighted by Crippen LogP contribution is 2.52. The van der Waals surface area contributed by atoms with Crippen molar-refractivity contribution in [3.63, 3.8) is 0 Å². The first-order valence-corrected chi connectivity index (χ1v) is 8.63. The van der Waals surface area contributed by atoms with Crippen molar-refractivity contribution in [3.8, 4) is 0 Å². The van der Waals surface area contributed by atoms with E-state index < -0.39 is 5.79 Å². The van der Waals surface area contributed by atoms with Crippen LogP contribution in [0.4, 0.5) is 0 Å². The fourth-order valence-electron chi connectivity index (χ4n) is 4.48. The SMILES string of the molecule is O=C1C(C2CCCCC2)=C2OC[C@H]3CO[C@@]2(O3)c2ccccc21. The molecule has 2 aliphatic carbocycles. The molecule has 2 aliphatic heterocycles. The van der Waals surface area contributed by atoms with Gasteiger partial charge in [0.15, 0.2) is 11.5 Å². The van der Waals surface area contributed by atoms with Crippen LogP contribution in [0.15, 0.2) is 35.6 Å². The fourth-order valence-corrected chi connectivity index (χ4v) is 4.48. The van der Waals surface area contributed by atoms with E-state index in [2.05, 4.69) is 0 Å². The van der Waals surface area contributed by atoms with Crippen molar-refractivity contribution in [2.24, 2.45) is 5.92 Å². The van der Waals surface area contributed by atoms with Crippen LogP contribution in [0.2, 0.25) is 0 Å². The van der Waals surface area contributed by atoms with Crippen molar-refractivity contribution in [2.45, 2.75) is 44.0 Å². The number of Topliss-reactive ketones (excluding diaryl/α,β-unsaturated/α-hetero) is 1. The van der Waals surface area contributed by atoms with Crippen molar-refractivity contribution in [3.05, 3.63) is 46.7 Å². The highest BCUT2D eigenvalue weighted by atomic mass is 16.8. The third kappa shape index (κ3) is 1.82. The van der Waals surface area contributed by atoms with Crippen LogP contribution in [0.25, 0.3) is 0 Å². The van der Waals surface area contributed by atoms with Gasteiger partial charge in [-0.1, -0.05) is 43.5 Å². The molecule has 2 bridgehead atoms. The van der Waals surface area contributed by atoms with Crippen LogP contribution < -0.4 is 0 Å². The molecule has 3 fully saturated rings. The van der Waals surface area contributed by atoms with Gasteiger partial charge in [0.05, 0.1) is 6.61 Å². The van der Waals surface area contributed by atoms with Crippen molar-refractivity contribution >= 4 is 5.78 Å². The summed E-state index contributed by atoms with van der Waals surface area (Å²) in [6.45, 7) is 0.993. The number of ether oxygens (including phenoxy) is 3. The molecule has 1 saturated carbocycles. The van der Waals surface area contributed by atoms with E-state index in [1.54, 1.807) is 0 Å². The van der Waals surface area contributed by atoms with Crippen LogP contribution in [-0.2, 0) is 20.0 Å². The second kappa shape index (κ2) is 4.92. The lowest BCUT2D eigenvalue weighted by atomic mass is 9.74. The zero-order chi connectivity index (χ0) is 15.4. The number of ketones is 1. The zero-order valence-electron chi connectivity index (χ0n) is 13.0. The molecule has 4 nitrogen and oxygen atoms in total. The van der Waals surface area contributed by atoms with E-state index in [4.69, 9.17) is 14.2 Å². The summed E-state index contributed by atoms with van der Waals surface area (Å²) in [4.78, 5) is 13.2. The third-order valence-corrected chi connectivity index (χ3v) is 5.55. The minimum absolute atomic E-state index is 0.0485. The number of rotatable bonds is 1. The fraction of sp³-hybridized carbons (Fsp3) is 0.526. The van der Waals surface area contributed by atoms with E-state index in [-0.39, 0.29) is 17.8 Å². The van der Waals surface area contributed by atoms with E-state index in [0.717, 1.165) is 24.0 Å². The molecule has 1 spiro atoms. The van der Waals surface area contributed by atoms with Gasteiger partial charge in [-0.2, -0.15) is 0 Å². The van der Waals surface area contributed by atoms with Gasteiger partial charge in [-0.05, 0) is 18.8 Å². The van der Waals surface area contributed by atoms with E-state index in [9.17, 15) is 4.79 Å². The number of hydrogen-bond donors (Lipinski definition) is 0. The first-order chi connectivity index (χ1) is 11.3. The molecular weight excluding hydrogens is 292 g/mol. The molecule has 4 aliphatic rings. The Labute approximate surface area is 135 Å². The van der Waals surface area contributed by atoms with Gasteiger partial charge in [0.25, 0.3) is 5.79 Å². The Morgan fingerprint density at radius 2 is 1.87 bits per heavy atom. The minimum atomic E-state index is -0.986. The molecule has 2 saturated heterocycles. The maximum atomic E-state index is 13.2. The molecule has 1 aromatic carbocycles. The first-order valence-electron chi connectivity index (χ1n) is 8.63. The number of carbonyl (C=O) groups excluding carboxylic acids is 1. The third-order valence-electron chi connectivity index (χ3n) is 5.55. The Morgan fingerprint density at radius 1 is 1.04 bits per heavy atom. The van der Waals surface area contributed by atoms with Crippen molar-refractivity contribution in [1.82, 2.24) is 0 Å². The number of allylic oxidation sites excluding steroid dienone is 1. The minimum Gasteiger partial charge on any atom is -0.489 e. The van der Waals surface area contributed by atoms with Gasteiger partial charge >= 0.3 is 0 Å². The molecule has 0 unspecified atom stereocenters. The van der Waals surface area contributed by atoms with Crippen LogP contribution in [0, 0.1) is 5.92 Å². The molecule has 0 N–H and O–H groups in total. The Bertz CT molecular complexity index is 701. The van der Waals surface area contributed by atoms with Crippen LogP contribution in [0.1, 0.15) is 48.0 Å². The Morgan fingerprint density at radius 3 is 2.74 bits per heavy atom. The molecular formula is C19H20O4. The summed E-state index contributed by atoms with van der Waals surface area (Å²) in [5.41, 5.74) is 2.33. The van der Waals surface area contributed by atoms with Crippen molar-refractivity contribution in [1.29, 1.82) is 0 Å². The van der Waals surface area contributed by atoms with E-state index in [1.165, 1.54) is 19.3 Å². The molecule has 120 valence electrons. The standard InChI is InChI=1S/C19H20O4/c20-17-14-8-4-5-9-15(14)19-18(21-10-13(23-19)11-22-19)16(17)12-6-2-1-3-7-12/h4-5,8-9,12-13H,1-3,6-7,10-11H2/t13-,19+/m0/s1. The van der Waals surface area contributed by atoms with E-state index in [0.29, 0.717) is 24.5 Å². The summed E-state index contributed by atoms with van der Waals surface area (Å²) < 4.78 is 18.4. The van der Waals surface area contributed by atoms with Crippen molar-refractivity contribution in [2.75, 3.05) is 13.2 Å². The average molecular weight is 312 g/mol. The first kappa shape index (κ1) is 13.8. The topological polar surface area (TPSA) is 44.8 Å². The summed E-state index contributed by atoms with van der Waals surface area (Å²) in [6, 6.07) is 7.66. The maximum Gasteiger partial charge on any atom is 0.257 e. The number of fused-ring (bicyclic) bond motifs is 2. The largest absolute Gasteiger partial charge is 0.489 e. The lowest BCUT2D eigenvalue weighted by molar-refractivity contribution is -0.208. The van der Waals surface area contributed by atoms with Crippen LogP contribution in [-0.4, -0.2) is 25.1 Å². The van der Waals surface area contributed by atoms with Gasteiger partial charge in [-0.3, -0.25) is 4.79 Å². The average Bonchev–Trinajstić information content (AvgIpc) is 2.95. The summed E-state index contributed by atoms with van der Waals surface area (Å²) in [5.74, 6) is 0.0218. The summed E-state index contributed by atoms with van der Waals surface area (Å²) >= 11 is 0. The number of hydrogen-bond acceptors (Lipinski definition) is 4. The summed E-state index contributed by atoms with van der Waals surface area (Å²) in [5, 5.41) is 0. The van der Waals surface area contributed by atoms with Crippen LogP contribution >= 0.6 is 0 Å². The molecule has 0 radical (unpaired) electrons. The van der Waals surface area contributed by atoms with Crippen LogP contribution in [0.3, 0.4) is 0 Å². The van der Waals surface area contributed by atoms with Crippen molar-refractivity contribution < 1.29 is 19.0 Å². The van der Waals surface area contributed by atoms with Gasteiger partial charge in [0.2, 0.25) is 0 Å². The van der Waals surface area contributed by atoms with E-state index >= 15 is 0 Å². The zero-order valence-corrected chi connectivity index (χ0v) is 13.0. The van der Waals surface area contributed by atoms with Gasteiger partial charge in [0.1, 0.15) is 12.7 Å². The smallest absolute Gasteiger partial charge is 0.257 e. The summed E-state index contributed by atoms with van der Waals surface area (Å²) in [7, 11) is 0. The number of carbonyl (C=O) groups is 1. The van der Waals surface area contributed by atoms with Gasteiger partial charge in [0, 0.05) is 16.7 Å². The van der Waals surface area contributed by atoms with Gasteiger partial charge in [-0.25, -0.2) is 0 Å². The molecule has 23 heavy (non-hydrogen) atoms. The van der Waals surface area contributed by atoms with Gasteiger partial charge < -0.3 is 14.2 Å². The van der Waals surface area contributed by atoms with Crippen LogP contribution in [0.5, 0.6) is 0 Å². The molecule has 4 heteroatoms. The van der Waals surface area contributed by atoms with Gasteiger partial charge in [-0.15, -0.1) is 0 Å². The number of benzene rings is 1. The molecule has 1 aromatic rings.